The molecule has 1 fully saturated rings. The number of piperidine rings is 1. The summed E-state index contributed by atoms with van der Waals surface area (Å²) in [5, 5.41) is 13.5. The molecule has 2 heterocycles. The van der Waals surface area contributed by atoms with Crippen LogP contribution in [0.5, 0.6) is 0 Å². The first-order valence-corrected chi connectivity index (χ1v) is 5.31. The van der Waals surface area contributed by atoms with Gasteiger partial charge in [-0.15, -0.1) is 0 Å². The number of nitrogens with zero attached hydrogens (tertiary/aromatic N) is 1. The maximum atomic E-state index is 10.3. The summed E-state index contributed by atoms with van der Waals surface area (Å²) in [5.74, 6) is 0.514. The monoisotopic (exact) mass is 207 g/mol. The Morgan fingerprint density at radius 2 is 2.47 bits per heavy atom. The third kappa shape index (κ3) is 2.67. The third-order valence-electron chi connectivity index (χ3n) is 2.83. The Morgan fingerprint density at radius 1 is 1.60 bits per heavy atom. The van der Waals surface area contributed by atoms with Crippen LogP contribution in [0, 0.1) is 0 Å². The van der Waals surface area contributed by atoms with Crippen molar-refractivity contribution in [2.45, 2.75) is 24.9 Å². The van der Waals surface area contributed by atoms with Crippen molar-refractivity contribution in [1.82, 2.24) is 10.3 Å². The highest BCUT2D eigenvalue weighted by Gasteiger charge is 2.29. The van der Waals surface area contributed by atoms with Crippen LogP contribution >= 0.6 is 0 Å². The molecule has 0 aromatic carbocycles. The fourth-order valence-corrected chi connectivity index (χ4v) is 2.09. The van der Waals surface area contributed by atoms with Crippen molar-refractivity contribution in [2.24, 2.45) is 0 Å². The number of nitrogens with one attached hydrogen (secondary N) is 1. The van der Waals surface area contributed by atoms with E-state index in [1.807, 2.05) is 12.1 Å². The third-order valence-corrected chi connectivity index (χ3v) is 2.83. The van der Waals surface area contributed by atoms with Gasteiger partial charge in [-0.05, 0) is 37.1 Å². The fraction of sp³-hybridized carbons (Fsp3) is 0.545. The van der Waals surface area contributed by atoms with Crippen molar-refractivity contribution < 1.29 is 5.11 Å². The number of pyridine rings is 1. The van der Waals surface area contributed by atoms with Gasteiger partial charge >= 0.3 is 0 Å². The van der Waals surface area contributed by atoms with Crippen molar-refractivity contribution >= 4 is 5.82 Å². The average Bonchev–Trinajstić information content (AvgIpc) is 2.18. The van der Waals surface area contributed by atoms with E-state index in [0.29, 0.717) is 18.8 Å². The molecule has 0 amide bonds. The van der Waals surface area contributed by atoms with Gasteiger partial charge in [-0.1, -0.05) is 0 Å². The van der Waals surface area contributed by atoms with Crippen LogP contribution in [0.1, 0.15) is 18.4 Å². The normalized spacial score (nSPS) is 26.5. The smallest absolute Gasteiger partial charge is 0.123 e. The van der Waals surface area contributed by atoms with Crippen LogP contribution in [0.15, 0.2) is 18.3 Å². The van der Waals surface area contributed by atoms with Gasteiger partial charge in [-0.2, -0.15) is 0 Å². The van der Waals surface area contributed by atoms with Gasteiger partial charge in [0.15, 0.2) is 0 Å². The summed E-state index contributed by atoms with van der Waals surface area (Å²) in [5.41, 5.74) is 6.03. The lowest BCUT2D eigenvalue weighted by Gasteiger charge is -2.32. The van der Waals surface area contributed by atoms with Crippen LogP contribution in [0.25, 0.3) is 0 Å². The zero-order chi connectivity index (χ0) is 10.7. The second-order valence-electron chi connectivity index (χ2n) is 4.27. The molecule has 4 N–H and O–H groups in total. The number of rotatable bonds is 2. The van der Waals surface area contributed by atoms with Gasteiger partial charge in [0.25, 0.3) is 0 Å². The Hall–Kier alpha value is -1.13. The molecule has 1 aliphatic heterocycles. The molecule has 0 aliphatic carbocycles. The molecule has 0 radical (unpaired) electrons. The molecule has 2 rings (SSSR count). The van der Waals surface area contributed by atoms with Gasteiger partial charge < -0.3 is 16.2 Å². The number of nitrogen functional groups attached to an aromatic ring is 1. The summed E-state index contributed by atoms with van der Waals surface area (Å²) in [7, 11) is 0. The maximum absolute atomic E-state index is 10.3. The number of aliphatic hydroxyl groups is 1. The highest BCUT2D eigenvalue weighted by atomic mass is 16.3. The molecule has 1 atom stereocenters. The van der Waals surface area contributed by atoms with Crippen molar-refractivity contribution in [3.63, 3.8) is 0 Å². The van der Waals surface area contributed by atoms with E-state index in [1.54, 1.807) is 6.20 Å². The minimum Gasteiger partial charge on any atom is -0.388 e. The quantitative estimate of drug-likeness (QED) is 0.653. The molecule has 0 saturated carbocycles. The topological polar surface area (TPSA) is 71.2 Å². The lowest BCUT2D eigenvalue weighted by Crippen LogP contribution is -2.47. The van der Waals surface area contributed by atoms with Gasteiger partial charge in [-0.25, -0.2) is 4.98 Å². The van der Waals surface area contributed by atoms with E-state index >= 15 is 0 Å². The van der Waals surface area contributed by atoms with E-state index in [0.717, 1.165) is 24.9 Å². The van der Waals surface area contributed by atoms with Crippen LogP contribution in [-0.2, 0) is 6.42 Å². The van der Waals surface area contributed by atoms with Crippen LogP contribution in [-0.4, -0.2) is 28.8 Å². The highest BCUT2D eigenvalue weighted by Crippen LogP contribution is 2.21. The number of hydrogen-bond acceptors (Lipinski definition) is 4. The van der Waals surface area contributed by atoms with Crippen molar-refractivity contribution in [1.29, 1.82) is 0 Å². The first-order chi connectivity index (χ1) is 7.18. The summed E-state index contributed by atoms with van der Waals surface area (Å²) in [4.78, 5) is 3.94. The van der Waals surface area contributed by atoms with Gasteiger partial charge in [0.05, 0.1) is 5.60 Å². The molecule has 1 aromatic heterocycles. The molecule has 82 valence electrons. The minimum atomic E-state index is -0.619. The van der Waals surface area contributed by atoms with Crippen LogP contribution < -0.4 is 11.1 Å². The fourth-order valence-electron chi connectivity index (χ4n) is 2.09. The van der Waals surface area contributed by atoms with Crippen LogP contribution in [0.3, 0.4) is 0 Å². The van der Waals surface area contributed by atoms with Gasteiger partial charge in [0, 0.05) is 19.2 Å². The summed E-state index contributed by atoms with van der Waals surface area (Å²) in [6, 6.07) is 3.73. The molecule has 4 nitrogen and oxygen atoms in total. The summed E-state index contributed by atoms with van der Waals surface area (Å²) < 4.78 is 0. The van der Waals surface area contributed by atoms with E-state index in [9.17, 15) is 5.11 Å². The Morgan fingerprint density at radius 3 is 3.13 bits per heavy atom. The molecule has 15 heavy (non-hydrogen) atoms. The summed E-state index contributed by atoms with van der Waals surface area (Å²) in [6.07, 6.45) is 4.20. The molecule has 1 aromatic rings. The largest absolute Gasteiger partial charge is 0.388 e. The molecule has 0 spiro atoms. The predicted molar refractivity (Wildman–Crippen MR) is 59.4 cm³/mol. The van der Waals surface area contributed by atoms with E-state index in [-0.39, 0.29) is 0 Å². The standard InChI is InChI=1S/C11H17N3O/c12-10-6-9(2-5-14-10)7-11(15)3-1-4-13-8-11/h2,5-6,13,15H,1,3-4,7-8H2,(H2,12,14). The average molecular weight is 207 g/mol. The Labute approximate surface area is 89.5 Å². The lowest BCUT2D eigenvalue weighted by molar-refractivity contribution is 0.0169. The van der Waals surface area contributed by atoms with Crippen LogP contribution in [0.2, 0.25) is 0 Å². The minimum absolute atomic E-state index is 0.514. The van der Waals surface area contributed by atoms with Crippen molar-refractivity contribution in [3.05, 3.63) is 23.9 Å². The van der Waals surface area contributed by atoms with Crippen LogP contribution in [0.4, 0.5) is 5.82 Å². The molecule has 1 saturated heterocycles. The molecule has 1 unspecified atom stereocenters. The van der Waals surface area contributed by atoms with Crippen molar-refractivity contribution in [2.75, 3.05) is 18.8 Å². The Balaban J connectivity index is 2.06. The molecular weight excluding hydrogens is 190 g/mol. The Bertz CT molecular complexity index is 334. The lowest BCUT2D eigenvalue weighted by atomic mass is 9.88. The van der Waals surface area contributed by atoms with Gasteiger partial charge in [-0.3, -0.25) is 0 Å². The van der Waals surface area contributed by atoms with Gasteiger partial charge in [0.2, 0.25) is 0 Å². The van der Waals surface area contributed by atoms with Crippen molar-refractivity contribution in [3.8, 4) is 0 Å². The number of anilines is 1. The first kappa shape index (κ1) is 10.4. The van der Waals surface area contributed by atoms with Gasteiger partial charge in [0.1, 0.15) is 5.82 Å². The molecule has 0 bridgehead atoms. The van der Waals surface area contributed by atoms with E-state index in [2.05, 4.69) is 10.3 Å². The predicted octanol–water partition coefficient (Wildman–Crippen LogP) is 0.321. The maximum Gasteiger partial charge on any atom is 0.123 e. The first-order valence-electron chi connectivity index (χ1n) is 5.31. The van der Waals surface area contributed by atoms with E-state index in [1.165, 1.54) is 0 Å². The molecular formula is C11H17N3O. The summed E-state index contributed by atoms with van der Waals surface area (Å²) in [6.45, 7) is 1.66. The highest BCUT2D eigenvalue weighted by molar-refractivity contribution is 5.32. The SMILES string of the molecule is Nc1cc(CC2(O)CCCNC2)ccn1. The number of nitrogens with two attached hydrogens (primary N) is 1. The summed E-state index contributed by atoms with van der Waals surface area (Å²) >= 11 is 0. The van der Waals surface area contributed by atoms with E-state index < -0.39 is 5.60 Å². The molecule has 4 heteroatoms. The second kappa shape index (κ2) is 4.16. The zero-order valence-corrected chi connectivity index (χ0v) is 8.74. The van der Waals surface area contributed by atoms with E-state index in [4.69, 9.17) is 5.73 Å². The second-order valence-corrected chi connectivity index (χ2v) is 4.27. The Kier molecular flexibility index (Phi) is 2.88. The number of hydrogen-bond donors (Lipinski definition) is 3. The molecule has 1 aliphatic rings. The number of β-amino-alcohol motifs (C(OH)–C–C–N with tert-alkyl or cyclic N) is 1. The number of aromatic nitrogens is 1. The zero-order valence-electron chi connectivity index (χ0n) is 8.74.